The molecule has 0 aliphatic carbocycles. The lowest BCUT2D eigenvalue weighted by molar-refractivity contribution is 0.102. The molecule has 122 valence electrons. The SMILES string of the molecule is CN(C)CCNc1ccnc(C(=O)Nc2cc(Cl)ccc2Cl)c1. The summed E-state index contributed by atoms with van der Waals surface area (Å²) in [6.45, 7) is 1.67. The van der Waals surface area contributed by atoms with Crippen LogP contribution in [0.2, 0.25) is 10.0 Å². The molecule has 2 N–H and O–H groups in total. The highest BCUT2D eigenvalue weighted by Crippen LogP contribution is 2.25. The van der Waals surface area contributed by atoms with E-state index < -0.39 is 0 Å². The van der Waals surface area contributed by atoms with Gasteiger partial charge in [0.25, 0.3) is 5.91 Å². The third kappa shape index (κ3) is 5.39. The fourth-order valence-corrected chi connectivity index (χ4v) is 2.21. The van der Waals surface area contributed by atoms with Gasteiger partial charge in [0.1, 0.15) is 5.69 Å². The van der Waals surface area contributed by atoms with E-state index in [2.05, 4.69) is 20.5 Å². The molecule has 2 aromatic rings. The molecule has 0 bridgehead atoms. The van der Waals surface area contributed by atoms with Crippen LogP contribution < -0.4 is 10.6 Å². The van der Waals surface area contributed by atoms with Crippen molar-refractivity contribution in [2.24, 2.45) is 0 Å². The number of carbonyl (C=O) groups is 1. The summed E-state index contributed by atoms with van der Waals surface area (Å²) in [4.78, 5) is 18.5. The number of benzene rings is 1. The first-order chi connectivity index (χ1) is 11.0. The minimum absolute atomic E-state index is 0.302. The summed E-state index contributed by atoms with van der Waals surface area (Å²) in [6.07, 6.45) is 1.59. The molecule has 1 aromatic carbocycles. The molecule has 1 amide bonds. The number of amides is 1. The van der Waals surface area contributed by atoms with Crippen molar-refractivity contribution in [1.82, 2.24) is 9.88 Å². The number of hydrogen-bond donors (Lipinski definition) is 2. The van der Waals surface area contributed by atoms with Crippen LogP contribution in [0.1, 0.15) is 10.5 Å². The zero-order valence-electron chi connectivity index (χ0n) is 12.9. The first-order valence-electron chi connectivity index (χ1n) is 7.07. The number of halogens is 2. The Bertz CT molecular complexity index is 692. The Morgan fingerprint density at radius 3 is 2.74 bits per heavy atom. The lowest BCUT2D eigenvalue weighted by atomic mass is 10.2. The molecule has 23 heavy (non-hydrogen) atoms. The summed E-state index contributed by atoms with van der Waals surface area (Å²) in [5, 5.41) is 6.88. The average molecular weight is 353 g/mol. The average Bonchev–Trinajstić information content (AvgIpc) is 2.51. The van der Waals surface area contributed by atoms with Crippen molar-refractivity contribution in [3.05, 3.63) is 52.3 Å². The minimum Gasteiger partial charge on any atom is -0.384 e. The van der Waals surface area contributed by atoms with Gasteiger partial charge in [-0.2, -0.15) is 0 Å². The predicted molar refractivity (Wildman–Crippen MR) is 95.7 cm³/mol. The molecule has 5 nitrogen and oxygen atoms in total. The Kier molecular flexibility index (Phi) is 6.21. The lowest BCUT2D eigenvalue weighted by Crippen LogP contribution is -2.21. The van der Waals surface area contributed by atoms with Crippen LogP contribution in [0.15, 0.2) is 36.5 Å². The summed E-state index contributed by atoms with van der Waals surface area (Å²) in [7, 11) is 4.00. The van der Waals surface area contributed by atoms with Gasteiger partial charge in [0.05, 0.1) is 10.7 Å². The number of likely N-dealkylation sites (N-methyl/N-ethyl adjacent to an activating group) is 1. The number of nitrogens with zero attached hydrogens (tertiary/aromatic N) is 2. The van der Waals surface area contributed by atoms with Gasteiger partial charge in [0, 0.05) is 30.0 Å². The van der Waals surface area contributed by atoms with Gasteiger partial charge < -0.3 is 15.5 Å². The van der Waals surface area contributed by atoms with E-state index in [0.717, 1.165) is 18.8 Å². The van der Waals surface area contributed by atoms with Gasteiger partial charge in [0.15, 0.2) is 0 Å². The van der Waals surface area contributed by atoms with E-state index >= 15 is 0 Å². The van der Waals surface area contributed by atoms with Gasteiger partial charge in [-0.3, -0.25) is 9.78 Å². The standard InChI is InChI=1S/C16H18Cl2N4O/c1-22(2)8-7-19-12-5-6-20-15(10-12)16(23)21-14-9-11(17)3-4-13(14)18/h3-6,9-10H,7-8H2,1-2H3,(H,19,20)(H,21,23). The number of aromatic nitrogens is 1. The molecule has 1 aromatic heterocycles. The van der Waals surface area contributed by atoms with E-state index in [-0.39, 0.29) is 5.91 Å². The molecular weight excluding hydrogens is 335 g/mol. The van der Waals surface area contributed by atoms with Gasteiger partial charge in [-0.25, -0.2) is 0 Å². The Hall–Kier alpha value is -1.82. The molecule has 0 unspecified atom stereocenters. The highest BCUT2D eigenvalue weighted by molar-refractivity contribution is 6.35. The minimum atomic E-state index is -0.342. The smallest absolute Gasteiger partial charge is 0.274 e. The molecule has 1 heterocycles. The van der Waals surface area contributed by atoms with E-state index in [1.54, 1.807) is 30.5 Å². The quantitative estimate of drug-likeness (QED) is 0.833. The summed E-state index contributed by atoms with van der Waals surface area (Å²) in [5.41, 5.74) is 1.59. The second-order valence-corrected chi connectivity index (χ2v) is 6.08. The highest BCUT2D eigenvalue weighted by atomic mass is 35.5. The van der Waals surface area contributed by atoms with Crippen LogP contribution >= 0.6 is 23.2 Å². The maximum absolute atomic E-state index is 12.3. The normalized spacial score (nSPS) is 10.7. The Balaban J connectivity index is 2.06. The number of hydrogen-bond acceptors (Lipinski definition) is 4. The molecule has 0 aliphatic heterocycles. The highest BCUT2D eigenvalue weighted by Gasteiger charge is 2.11. The van der Waals surface area contributed by atoms with E-state index in [4.69, 9.17) is 23.2 Å². The predicted octanol–water partition coefficient (Wildman–Crippen LogP) is 3.61. The molecule has 7 heteroatoms. The summed E-state index contributed by atoms with van der Waals surface area (Å²) in [5.74, 6) is -0.342. The molecule has 0 saturated heterocycles. The first-order valence-corrected chi connectivity index (χ1v) is 7.82. The van der Waals surface area contributed by atoms with E-state index in [9.17, 15) is 4.79 Å². The van der Waals surface area contributed by atoms with Crippen LogP contribution in [0.25, 0.3) is 0 Å². The summed E-state index contributed by atoms with van der Waals surface area (Å²) >= 11 is 12.0. The third-order valence-electron chi connectivity index (χ3n) is 3.06. The zero-order chi connectivity index (χ0) is 16.8. The second-order valence-electron chi connectivity index (χ2n) is 5.24. The van der Waals surface area contributed by atoms with Gasteiger partial charge in [-0.15, -0.1) is 0 Å². The van der Waals surface area contributed by atoms with Crippen molar-refractivity contribution in [1.29, 1.82) is 0 Å². The van der Waals surface area contributed by atoms with Crippen molar-refractivity contribution >= 4 is 40.5 Å². The number of carbonyl (C=O) groups excluding carboxylic acids is 1. The summed E-state index contributed by atoms with van der Waals surface area (Å²) < 4.78 is 0. The Morgan fingerprint density at radius 1 is 1.22 bits per heavy atom. The molecule has 2 rings (SSSR count). The van der Waals surface area contributed by atoms with Gasteiger partial charge in [-0.05, 0) is 44.4 Å². The molecule has 0 atom stereocenters. The molecule has 0 fully saturated rings. The Morgan fingerprint density at radius 2 is 2.00 bits per heavy atom. The van der Waals surface area contributed by atoms with Crippen LogP contribution in [0.3, 0.4) is 0 Å². The lowest BCUT2D eigenvalue weighted by Gasteiger charge is -2.12. The fourth-order valence-electron chi connectivity index (χ4n) is 1.87. The van der Waals surface area contributed by atoms with Crippen molar-refractivity contribution in [3.8, 4) is 0 Å². The number of rotatable bonds is 6. The van der Waals surface area contributed by atoms with E-state index in [1.807, 2.05) is 20.2 Å². The zero-order valence-corrected chi connectivity index (χ0v) is 14.4. The fraction of sp³-hybridized carbons (Fsp3) is 0.250. The van der Waals surface area contributed by atoms with Crippen molar-refractivity contribution in [3.63, 3.8) is 0 Å². The van der Waals surface area contributed by atoms with Gasteiger partial charge in [0.2, 0.25) is 0 Å². The molecule has 0 aliphatic rings. The maximum atomic E-state index is 12.3. The Labute approximate surface area is 145 Å². The molecule has 0 saturated carbocycles. The van der Waals surface area contributed by atoms with Crippen LogP contribution in [-0.4, -0.2) is 43.0 Å². The van der Waals surface area contributed by atoms with Crippen molar-refractivity contribution in [2.45, 2.75) is 0 Å². The summed E-state index contributed by atoms with van der Waals surface area (Å²) in [6, 6.07) is 8.41. The molecular formula is C16H18Cl2N4O. The van der Waals surface area contributed by atoms with Crippen LogP contribution in [-0.2, 0) is 0 Å². The van der Waals surface area contributed by atoms with Crippen LogP contribution in [0, 0.1) is 0 Å². The first kappa shape index (κ1) is 17.5. The maximum Gasteiger partial charge on any atom is 0.274 e. The van der Waals surface area contributed by atoms with E-state index in [1.165, 1.54) is 0 Å². The monoisotopic (exact) mass is 352 g/mol. The largest absolute Gasteiger partial charge is 0.384 e. The van der Waals surface area contributed by atoms with Crippen LogP contribution in [0.5, 0.6) is 0 Å². The molecule has 0 radical (unpaired) electrons. The topological polar surface area (TPSA) is 57.3 Å². The van der Waals surface area contributed by atoms with Gasteiger partial charge in [-0.1, -0.05) is 23.2 Å². The number of anilines is 2. The number of nitrogens with one attached hydrogen (secondary N) is 2. The van der Waals surface area contributed by atoms with Gasteiger partial charge >= 0.3 is 0 Å². The van der Waals surface area contributed by atoms with Crippen molar-refractivity contribution < 1.29 is 4.79 Å². The van der Waals surface area contributed by atoms with Crippen LogP contribution in [0.4, 0.5) is 11.4 Å². The van der Waals surface area contributed by atoms with Crippen molar-refractivity contribution in [2.75, 3.05) is 37.8 Å². The molecule has 0 spiro atoms. The number of pyridine rings is 1. The second kappa shape index (κ2) is 8.15. The van der Waals surface area contributed by atoms with E-state index in [0.29, 0.717) is 21.4 Å². The third-order valence-corrected chi connectivity index (χ3v) is 3.62.